The molecule has 1 fully saturated rings. The van der Waals surface area contributed by atoms with Crippen LogP contribution in [0.5, 0.6) is 5.75 Å². The number of rotatable bonds is 4. The van der Waals surface area contributed by atoms with Gasteiger partial charge in [-0.1, -0.05) is 23.7 Å². The number of H-pyrrole nitrogens is 1. The largest absolute Gasteiger partial charge is 0.496 e. The molecule has 2 heterocycles. The second-order valence-corrected chi connectivity index (χ2v) is 6.69. The molecule has 0 bridgehead atoms. The Morgan fingerprint density at radius 3 is 2.88 bits per heavy atom. The summed E-state index contributed by atoms with van der Waals surface area (Å²) in [6.45, 7) is 0.671. The number of carbonyl (C=O) groups is 1. The first kappa shape index (κ1) is 16.7. The molecule has 6 heteroatoms. The zero-order valence-corrected chi connectivity index (χ0v) is 15.0. The fourth-order valence-corrected chi connectivity index (χ4v) is 3.65. The van der Waals surface area contributed by atoms with Crippen molar-refractivity contribution in [2.45, 2.75) is 12.3 Å². The van der Waals surface area contributed by atoms with Crippen LogP contribution in [0.4, 0.5) is 5.69 Å². The van der Waals surface area contributed by atoms with Gasteiger partial charge in [0.2, 0.25) is 5.91 Å². The Labute approximate surface area is 156 Å². The van der Waals surface area contributed by atoms with E-state index in [2.05, 4.69) is 10.2 Å². The number of hydrogen-bond donors (Lipinski definition) is 1. The number of halogens is 1. The third-order valence-corrected chi connectivity index (χ3v) is 5.00. The molecule has 1 aliphatic heterocycles. The first-order valence-electron chi connectivity index (χ1n) is 8.41. The van der Waals surface area contributed by atoms with Crippen molar-refractivity contribution in [2.24, 2.45) is 0 Å². The van der Waals surface area contributed by atoms with E-state index >= 15 is 0 Å². The average molecular weight is 368 g/mol. The minimum atomic E-state index is -0.159. The molecule has 1 N–H and O–H groups in total. The van der Waals surface area contributed by atoms with E-state index in [-0.39, 0.29) is 11.8 Å². The summed E-state index contributed by atoms with van der Waals surface area (Å²) < 4.78 is 5.53. The van der Waals surface area contributed by atoms with E-state index in [1.165, 1.54) is 0 Å². The summed E-state index contributed by atoms with van der Waals surface area (Å²) >= 11 is 6.08. The van der Waals surface area contributed by atoms with Gasteiger partial charge < -0.3 is 9.64 Å². The van der Waals surface area contributed by atoms with Crippen LogP contribution < -0.4 is 9.64 Å². The summed E-state index contributed by atoms with van der Waals surface area (Å²) in [6, 6.07) is 13.3. The molecule has 1 unspecified atom stereocenters. The SMILES string of the molecule is COc1cc(N2CCC(c3cccc(Cl)c3)C2=O)ccc1-c1cn[nH]c1. The molecule has 2 aromatic carbocycles. The molecule has 4 rings (SSSR count). The molecular formula is C20H18ClN3O2. The van der Waals surface area contributed by atoms with E-state index < -0.39 is 0 Å². The highest BCUT2D eigenvalue weighted by molar-refractivity contribution is 6.30. The monoisotopic (exact) mass is 367 g/mol. The lowest BCUT2D eigenvalue weighted by atomic mass is 9.98. The Kier molecular flexibility index (Phi) is 4.39. The number of nitrogens with zero attached hydrogens (tertiary/aromatic N) is 2. The van der Waals surface area contributed by atoms with Crippen molar-refractivity contribution < 1.29 is 9.53 Å². The van der Waals surface area contributed by atoms with Crippen molar-refractivity contribution in [3.8, 4) is 16.9 Å². The third kappa shape index (κ3) is 2.95. The number of anilines is 1. The van der Waals surface area contributed by atoms with Crippen molar-refractivity contribution in [1.82, 2.24) is 10.2 Å². The minimum absolute atomic E-state index is 0.0883. The molecule has 0 aliphatic carbocycles. The van der Waals surface area contributed by atoms with Gasteiger partial charge in [-0.15, -0.1) is 0 Å². The maximum absolute atomic E-state index is 13.0. The van der Waals surface area contributed by atoms with Gasteiger partial charge in [-0.3, -0.25) is 9.89 Å². The second-order valence-electron chi connectivity index (χ2n) is 6.26. The van der Waals surface area contributed by atoms with E-state index in [0.717, 1.165) is 28.8 Å². The Bertz CT molecular complexity index is 940. The van der Waals surface area contributed by atoms with Crippen LogP contribution in [0.1, 0.15) is 17.9 Å². The maximum Gasteiger partial charge on any atom is 0.234 e. The maximum atomic E-state index is 13.0. The molecule has 1 saturated heterocycles. The average Bonchev–Trinajstić information content (AvgIpc) is 3.31. The van der Waals surface area contributed by atoms with Gasteiger partial charge in [-0.05, 0) is 36.2 Å². The lowest BCUT2D eigenvalue weighted by molar-refractivity contribution is -0.118. The summed E-state index contributed by atoms with van der Waals surface area (Å²) in [5.74, 6) is 0.640. The predicted octanol–water partition coefficient (Wildman–Crippen LogP) is 4.26. The van der Waals surface area contributed by atoms with Crippen LogP contribution in [-0.2, 0) is 4.79 Å². The van der Waals surface area contributed by atoms with Gasteiger partial charge in [-0.2, -0.15) is 5.10 Å². The highest BCUT2D eigenvalue weighted by Crippen LogP contribution is 2.37. The van der Waals surface area contributed by atoms with Crippen LogP contribution >= 0.6 is 11.6 Å². The van der Waals surface area contributed by atoms with E-state index in [4.69, 9.17) is 16.3 Å². The number of aromatic nitrogens is 2. The van der Waals surface area contributed by atoms with Crippen LogP contribution in [0.3, 0.4) is 0 Å². The van der Waals surface area contributed by atoms with Crippen molar-refractivity contribution in [3.05, 3.63) is 65.4 Å². The van der Waals surface area contributed by atoms with Crippen molar-refractivity contribution in [2.75, 3.05) is 18.6 Å². The molecule has 0 saturated carbocycles. The molecule has 132 valence electrons. The molecule has 1 aliphatic rings. The number of ether oxygens (including phenoxy) is 1. The normalized spacial score (nSPS) is 16.9. The van der Waals surface area contributed by atoms with Gasteiger partial charge in [0.15, 0.2) is 0 Å². The summed E-state index contributed by atoms with van der Waals surface area (Å²) in [7, 11) is 1.63. The third-order valence-electron chi connectivity index (χ3n) is 4.76. The smallest absolute Gasteiger partial charge is 0.234 e. The van der Waals surface area contributed by atoms with Crippen LogP contribution in [0.2, 0.25) is 5.02 Å². The van der Waals surface area contributed by atoms with Gasteiger partial charge in [0.05, 0.1) is 19.2 Å². The minimum Gasteiger partial charge on any atom is -0.496 e. The number of methoxy groups -OCH3 is 1. The van der Waals surface area contributed by atoms with Gasteiger partial charge in [-0.25, -0.2) is 0 Å². The Morgan fingerprint density at radius 2 is 2.15 bits per heavy atom. The fraction of sp³-hybridized carbons (Fsp3) is 0.200. The van der Waals surface area contributed by atoms with Crippen LogP contribution in [-0.4, -0.2) is 29.8 Å². The Morgan fingerprint density at radius 1 is 1.27 bits per heavy atom. The first-order valence-corrected chi connectivity index (χ1v) is 8.79. The molecule has 26 heavy (non-hydrogen) atoms. The number of amides is 1. The molecule has 1 atom stereocenters. The topological polar surface area (TPSA) is 58.2 Å². The summed E-state index contributed by atoms with van der Waals surface area (Å²) in [6.07, 6.45) is 4.33. The van der Waals surface area contributed by atoms with Gasteiger partial charge >= 0.3 is 0 Å². The molecule has 3 aromatic rings. The lowest BCUT2D eigenvalue weighted by Gasteiger charge is -2.19. The zero-order valence-electron chi connectivity index (χ0n) is 14.3. The Hall–Kier alpha value is -2.79. The fourth-order valence-electron chi connectivity index (χ4n) is 3.45. The molecule has 1 aromatic heterocycles. The van der Waals surface area contributed by atoms with E-state index in [0.29, 0.717) is 17.3 Å². The molecule has 0 spiro atoms. The lowest BCUT2D eigenvalue weighted by Crippen LogP contribution is -2.26. The predicted molar refractivity (Wildman–Crippen MR) is 102 cm³/mol. The Balaban J connectivity index is 1.63. The number of hydrogen-bond acceptors (Lipinski definition) is 3. The van der Waals surface area contributed by atoms with Gasteiger partial charge in [0.25, 0.3) is 0 Å². The summed E-state index contributed by atoms with van der Waals surface area (Å²) in [4.78, 5) is 14.8. The van der Waals surface area contributed by atoms with Crippen molar-refractivity contribution in [3.63, 3.8) is 0 Å². The molecule has 1 amide bonds. The molecule has 5 nitrogen and oxygen atoms in total. The van der Waals surface area contributed by atoms with Crippen molar-refractivity contribution >= 4 is 23.2 Å². The summed E-state index contributed by atoms with van der Waals surface area (Å²) in [5, 5.41) is 7.44. The number of nitrogens with one attached hydrogen (secondary N) is 1. The molecular weight excluding hydrogens is 350 g/mol. The van der Waals surface area contributed by atoms with Crippen LogP contribution in [0.25, 0.3) is 11.1 Å². The summed E-state index contributed by atoms with van der Waals surface area (Å²) in [5.41, 5.74) is 3.68. The second kappa shape index (κ2) is 6.84. The standard InChI is InChI=1S/C20H18ClN3O2/c1-26-19-10-16(5-6-17(19)14-11-22-23-12-14)24-8-7-18(20(24)25)13-3-2-4-15(21)9-13/h2-6,9-12,18H,7-8H2,1H3,(H,22,23). The van der Waals surface area contributed by atoms with Crippen molar-refractivity contribution in [1.29, 1.82) is 0 Å². The van der Waals surface area contributed by atoms with E-state index in [1.807, 2.05) is 53.6 Å². The zero-order chi connectivity index (χ0) is 18.1. The number of carbonyl (C=O) groups excluding carboxylic acids is 1. The molecule has 0 radical (unpaired) electrons. The highest BCUT2D eigenvalue weighted by atomic mass is 35.5. The van der Waals surface area contributed by atoms with E-state index in [9.17, 15) is 4.79 Å². The van der Waals surface area contributed by atoms with Crippen LogP contribution in [0.15, 0.2) is 54.9 Å². The van der Waals surface area contributed by atoms with E-state index in [1.54, 1.807) is 13.3 Å². The highest BCUT2D eigenvalue weighted by Gasteiger charge is 2.34. The van der Waals surface area contributed by atoms with Crippen LogP contribution in [0, 0.1) is 0 Å². The quantitative estimate of drug-likeness (QED) is 0.749. The van der Waals surface area contributed by atoms with Gasteiger partial charge in [0, 0.05) is 40.6 Å². The first-order chi connectivity index (χ1) is 12.7. The van der Waals surface area contributed by atoms with Gasteiger partial charge in [0.1, 0.15) is 5.75 Å². The number of benzene rings is 2. The number of aromatic amines is 1.